The summed E-state index contributed by atoms with van der Waals surface area (Å²) in [6.07, 6.45) is 2.34. The number of aromatic amines is 1. The van der Waals surface area contributed by atoms with Gasteiger partial charge in [-0.15, -0.1) is 0 Å². The normalized spacial score (nSPS) is 20.3. The lowest BCUT2D eigenvalue weighted by Crippen LogP contribution is -2.20. The molecule has 1 aliphatic rings. The lowest BCUT2D eigenvalue weighted by atomic mass is 9.77. The summed E-state index contributed by atoms with van der Waals surface area (Å²) in [5.74, 6) is 1.48. The Hall–Kier alpha value is -2.28. The topological polar surface area (TPSA) is 15.8 Å². The van der Waals surface area contributed by atoms with Crippen LogP contribution in [0.15, 0.2) is 60.7 Å². The van der Waals surface area contributed by atoms with E-state index in [1.165, 1.54) is 46.5 Å². The Labute approximate surface area is 138 Å². The second-order valence-corrected chi connectivity index (χ2v) is 6.93. The predicted molar refractivity (Wildman–Crippen MR) is 97.4 cm³/mol. The predicted octanol–water partition coefficient (Wildman–Crippen LogP) is 5.72. The van der Waals surface area contributed by atoms with Crippen LogP contribution in [-0.4, -0.2) is 4.98 Å². The first kappa shape index (κ1) is 14.3. The molecule has 0 amide bonds. The van der Waals surface area contributed by atoms with E-state index in [2.05, 4.69) is 79.5 Å². The van der Waals surface area contributed by atoms with Crippen molar-refractivity contribution in [2.24, 2.45) is 11.8 Å². The maximum Gasteiger partial charge on any atom is 0.0494 e. The first-order valence-electron chi connectivity index (χ1n) is 8.58. The van der Waals surface area contributed by atoms with E-state index in [1.807, 2.05) is 0 Å². The molecule has 2 aromatic carbocycles. The Kier molecular flexibility index (Phi) is 3.57. The molecule has 0 saturated carbocycles. The molecule has 3 aromatic rings. The van der Waals surface area contributed by atoms with Gasteiger partial charge in [0, 0.05) is 11.4 Å². The highest BCUT2D eigenvalue weighted by Gasteiger charge is 2.28. The van der Waals surface area contributed by atoms with Gasteiger partial charge < -0.3 is 4.98 Å². The van der Waals surface area contributed by atoms with Gasteiger partial charge in [0.1, 0.15) is 0 Å². The molecule has 1 aliphatic carbocycles. The molecule has 0 spiro atoms. The van der Waals surface area contributed by atoms with Crippen LogP contribution in [0.25, 0.3) is 22.5 Å². The van der Waals surface area contributed by atoms with Crippen molar-refractivity contribution in [1.82, 2.24) is 4.98 Å². The second-order valence-electron chi connectivity index (χ2n) is 6.93. The van der Waals surface area contributed by atoms with Crippen molar-refractivity contribution < 1.29 is 0 Å². The standard InChI is InChI=1S/C22H23N/c1-15-13-19-20(14-16(15)2)22(18-11-7-4-8-12-18)23-21(19)17-9-5-3-6-10-17/h3-12,15-16,23H,13-14H2,1-2H3. The van der Waals surface area contributed by atoms with Crippen LogP contribution in [0.1, 0.15) is 25.0 Å². The van der Waals surface area contributed by atoms with Gasteiger partial charge in [-0.1, -0.05) is 74.5 Å². The third-order valence-corrected chi connectivity index (χ3v) is 5.37. The summed E-state index contributed by atoms with van der Waals surface area (Å²) in [6.45, 7) is 4.77. The van der Waals surface area contributed by atoms with E-state index in [1.54, 1.807) is 0 Å². The van der Waals surface area contributed by atoms with Gasteiger partial charge in [-0.3, -0.25) is 0 Å². The minimum atomic E-state index is 0.740. The molecule has 1 aromatic heterocycles. The van der Waals surface area contributed by atoms with E-state index in [0.717, 1.165) is 11.8 Å². The third-order valence-electron chi connectivity index (χ3n) is 5.37. The van der Waals surface area contributed by atoms with Crippen molar-refractivity contribution >= 4 is 0 Å². The summed E-state index contributed by atoms with van der Waals surface area (Å²) in [5.41, 5.74) is 8.29. The fourth-order valence-electron chi connectivity index (χ4n) is 3.78. The molecule has 0 aliphatic heterocycles. The van der Waals surface area contributed by atoms with E-state index >= 15 is 0 Å². The maximum atomic E-state index is 3.77. The quantitative estimate of drug-likeness (QED) is 0.623. The molecule has 23 heavy (non-hydrogen) atoms. The average molecular weight is 301 g/mol. The van der Waals surface area contributed by atoms with Crippen molar-refractivity contribution in [2.75, 3.05) is 0 Å². The number of hydrogen-bond acceptors (Lipinski definition) is 0. The smallest absolute Gasteiger partial charge is 0.0494 e. The number of aromatic nitrogens is 1. The van der Waals surface area contributed by atoms with E-state index < -0.39 is 0 Å². The van der Waals surface area contributed by atoms with Crippen molar-refractivity contribution in [2.45, 2.75) is 26.7 Å². The van der Waals surface area contributed by atoms with Crippen LogP contribution in [0.4, 0.5) is 0 Å². The Morgan fingerprint density at radius 3 is 1.43 bits per heavy atom. The Morgan fingerprint density at radius 2 is 1.04 bits per heavy atom. The van der Waals surface area contributed by atoms with Crippen molar-refractivity contribution in [3.63, 3.8) is 0 Å². The Bertz CT molecular complexity index is 731. The summed E-state index contributed by atoms with van der Waals surface area (Å²) in [6, 6.07) is 21.5. The summed E-state index contributed by atoms with van der Waals surface area (Å²) in [4.78, 5) is 3.77. The lowest BCUT2D eigenvalue weighted by Gasteiger charge is -2.27. The number of hydrogen-bond donors (Lipinski definition) is 1. The van der Waals surface area contributed by atoms with Gasteiger partial charge in [0.2, 0.25) is 0 Å². The van der Waals surface area contributed by atoms with Gasteiger partial charge in [-0.25, -0.2) is 0 Å². The van der Waals surface area contributed by atoms with Crippen molar-refractivity contribution in [1.29, 1.82) is 0 Å². The van der Waals surface area contributed by atoms with E-state index in [9.17, 15) is 0 Å². The Morgan fingerprint density at radius 1 is 0.652 bits per heavy atom. The van der Waals surface area contributed by atoms with Crippen LogP contribution in [0.3, 0.4) is 0 Å². The monoisotopic (exact) mass is 301 g/mol. The highest BCUT2D eigenvalue weighted by Crippen LogP contribution is 2.41. The van der Waals surface area contributed by atoms with Gasteiger partial charge in [0.15, 0.2) is 0 Å². The van der Waals surface area contributed by atoms with Crippen LogP contribution in [0.5, 0.6) is 0 Å². The first-order valence-corrected chi connectivity index (χ1v) is 8.58. The van der Waals surface area contributed by atoms with Crippen LogP contribution >= 0.6 is 0 Å². The highest BCUT2D eigenvalue weighted by atomic mass is 14.8. The van der Waals surface area contributed by atoms with Gasteiger partial charge in [0.05, 0.1) is 0 Å². The molecule has 0 fully saturated rings. The van der Waals surface area contributed by atoms with Crippen LogP contribution in [0, 0.1) is 11.8 Å². The third kappa shape index (κ3) is 2.50. The second kappa shape index (κ2) is 5.73. The van der Waals surface area contributed by atoms with Crippen LogP contribution in [-0.2, 0) is 12.8 Å². The van der Waals surface area contributed by atoms with Gasteiger partial charge >= 0.3 is 0 Å². The highest BCUT2D eigenvalue weighted by molar-refractivity contribution is 5.76. The first-order chi connectivity index (χ1) is 11.2. The number of H-pyrrole nitrogens is 1. The molecule has 0 radical (unpaired) electrons. The number of nitrogens with one attached hydrogen (secondary N) is 1. The fourth-order valence-corrected chi connectivity index (χ4v) is 3.78. The largest absolute Gasteiger partial charge is 0.354 e. The zero-order valence-corrected chi connectivity index (χ0v) is 13.8. The van der Waals surface area contributed by atoms with Gasteiger partial charge in [-0.2, -0.15) is 0 Å². The van der Waals surface area contributed by atoms with Gasteiger partial charge in [-0.05, 0) is 46.9 Å². The molecule has 2 unspecified atom stereocenters. The molecule has 2 atom stereocenters. The summed E-state index contributed by atoms with van der Waals surface area (Å²) in [5, 5.41) is 0. The average Bonchev–Trinajstić information content (AvgIpc) is 2.95. The number of benzene rings is 2. The van der Waals surface area contributed by atoms with E-state index in [0.29, 0.717) is 0 Å². The zero-order valence-electron chi connectivity index (χ0n) is 13.8. The maximum absolute atomic E-state index is 3.77. The van der Waals surface area contributed by atoms with E-state index in [-0.39, 0.29) is 0 Å². The molecular weight excluding hydrogens is 278 g/mol. The number of rotatable bonds is 2. The molecular formula is C22H23N. The lowest BCUT2D eigenvalue weighted by molar-refractivity contribution is 0.363. The molecule has 1 heterocycles. The summed E-state index contributed by atoms with van der Waals surface area (Å²) >= 11 is 0. The minimum Gasteiger partial charge on any atom is -0.354 e. The van der Waals surface area contributed by atoms with Crippen molar-refractivity contribution in [3.8, 4) is 22.5 Å². The summed E-state index contributed by atoms with van der Waals surface area (Å²) < 4.78 is 0. The zero-order chi connectivity index (χ0) is 15.8. The van der Waals surface area contributed by atoms with Crippen molar-refractivity contribution in [3.05, 3.63) is 71.8 Å². The fraction of sp³-hybridized carbons (Fsp3) is 0.273. The Balaban J connectivity index is 1.92. The molecule has 4 rings (SSSR count). The molecule has 0 bridgehead atoms. The van der Waals surface area contributed by atoms with Crippen LogP contribution < -0.4 is 0 Å². The molecule has 1 heteroatoms. The minimum absolute atomic E-state index is 0.740. The molecule has 1 N–H and O–H groups in total. The molecule has 1 nitrogen and oxygen atoms in total. The summed E-state index contributed by atoms with van der Waals surface area (Å²) in [7, 11) is 0. The molecule has 116 valence electrons. The number of fused-ring (bicyclic) bond motifs is 1. The van der Waals surface area contributed by atoms with Gasteiger partial charge in [0.25, 0.3) is 0 Å². The SMILES string of the molecule is CC1Cc2c(-c3ccccc3)[nH]c(-c3ccccc3)c2CC1C. The van der Waals surface area contributed by atoms with E-state index in [4.69, 9.17) is 0 Å². The molecule has 0 saturated heterocycles. The van der Waals surface area contributed by atoms with Crippen LogP contribution in [0.2, 0.25) is 0 Å².